The van der Waals surface area contributed by atoms with Gasteiger partial charge in [-0.1, -0.05) is 31.9 Å². The molecule has 0 aromatic rings. The standard InChI is InChI=1S/C13H23NO4/c1-3-4-6-9-14-12(13(16)17)8-5-7-10-18-11(2)15/h5,8,12,14H,3-4,6-7,9-10H2,1-2H3,(H,16,17)/b8-5-. The molecule has 0 radical (unpaired) electrons. The van der Waals surface area contributed by atoms with Crippen LogP contribution in [0.4, 0.5) is 0 Å². The van der Waals surface area contributed by atoms with E-state index < -0.39 is 12.0 Å². The molecule has 0 saturated carbocycles. The van der Waals surface area contributed by atoms with Crippen molar-refractivity contribution in [3.63, 3.8) is 0 Å². The fraction of sp³-hybridized carbons (Fsp3) is 0.692. The van der Waals surface area contributed by atoms with Gasteiger partial charge in [0.2, 0.25) is 0 Å². The first-order chi connectivity index (χ1) is 8.57. The van der Waals surface area contributed by atoms with E-state index in [4.69, 9.17) is 9.84 Å². The second kappa shape index (κ2) is 10.8. The topological polar surface area (TPSA) is 75.6 Å². The summed E-state index contributed by atoms with van der Waals surface area (Å²) in [6.07, 6.45) is 7.01. The second-order valence-electron chi connectivity index (χ2n) is 4.03. The number of aliphatic carboxylic acids is 1. The SMILES string of the molecule is CCCCCNC(/C=C\CCOC(C)=O)C(=O)O. The van der Waals surface area contributed by atoms with Crippen molar-refractivity contribution in [3.8, 4) is 0 Å². The molecule has 0 aliphatic rings. The predicted octanol–water partition coefficient (Wildman–Crippen LogP) is 1.73. The van der Waals surface area contributed by atoms with Crippen molar-refractivity contribution in [1.29, 1.82) is 0 Å². The van der Waals surface area contributed by atoms with E-state index in [0.29, 0.717) is 13.0 Å². The van der Waals surface area contributed by atoms with Crippen LogP contribution < -0.4 is 5.32 Å². The van der Waals surface area contributed by atoms with Gasteiger partial charge in [0.1, 0.15) is 6.04 Å². The molecular formula is C13H23NO4. The molecule has 0 aromatic carbocycles. The van der Waals surface area contributed by atoms with Gasteiger partial charge in [-0.3, -0.25) is 9.59 Å². The Kier molecular flexibility index (Phi) is 9.96. The lowest BCUT2D eigenvalue weighted by Gasteiger charge is -2.09. The summed E-state index contributed by atoms with van der Waals surface area (Å²) in [5.74, 6) is -1.22. The summed E-state index contributed by atoms with van der Waals surface area (Å²) in [7, 11) is 0. The third-order valence-electron chi connectivity index (χ3n) is 2.33. The minimum absolute atomic E-state index is 0.286. The number of carboxylic acids is 1. The number of unbranched alkanes of at least 4 members (excludes halogenated alkanes) is 2. The third-order valence-corrected chi connectivity index (χ3v) is 2.33. The highest BCUT2D eigenvalue weighted by molar-refractivity contribution is 5.75. The lowest BCUT2D eigenvalue weighted by Crippen LogP contribution is -2.35. The molecule has 18 heavy (non-hydrogen) atoms. The molecule has 0 fully saturated rings. The average molecular weight is 257 g/mol. The summed E-state index contributed by atoms with van der Waals surface area (Å²) in [5, 5.41) is 11.9. The quantitative estimate of drug-likeness (QED) is 0.354. The molecule has 0 aliphatic heterocycles. The minimum Gasteiger partial charge on any atom is -0.480 e. The number of nitrogens with one attached hydrogen (secondary N) is 1. The Balaban J connectivity index is 3.84. The van der Waals surface area contributed by atoms with Crippen LogP contribution in [0.2, 0.25) is 0 Å². The summed E-state index contributed by atoms with van der Waals surface area (Å²) in [6, 6.07) is -0.667. The first kappa shape index (κ1) is 16.6. The predicted molar refractivity (Wildman–Crippen MR) is 69.3 cm³/mol. The van der Waals surface area contributed by atoms with Crippen LogP contribution in [0.25, 0.3) is 0 Å². The Morgan fingerprint density at radius 2 is 2.11 bits per heavy atom. The largest absolute Gasteiger partial charge is 0.480 e. The van der Waals surface area contributed by atoms with Gasteiger partial charge in [0.15, 0.2) is 0 Å². The van der Waals surface area contributed by atoms with E-state index in [0.717, 1.165) is 19.3 Å². The minimum atomic E-state index is -0.893. The van der Waals surface area contributed by atoms with Crippen molar-refractivity contribution < 1.29 is 19.4 Å². The molecule has 5 nitrogen and oxygen atoms in total. The number of hydrogen-bond donors (Lipinski definition) is 2. The maximum absolute atomic E-state index is 10.9. The molecule has 0 aromatic heterocycles. The number of ether oxygens (including phenoxy) is 1. The number of carbonyl (C=O) groups excluding carboxylic acids is 1. The summed E-state index contributed by atoms with van der Waals surface area (Å²) in [4.78, 5) is 21.4. The van der Waals surface area contributed by atoms with Crippen LogP contribution in [0.15, 0.2) is 12.2 Å². The van der Waals surface area contributed by atoms with Gasteiger partial charge < -0.3 is 15.2 Å². The van der Waals surface area contributed by atoms with Crippen molar-refractivity contribution >= 4 is 11.9 Å². The van der Waals surface area contributed by atoms with Gasteiger partial charge in [0, 0.05) is 6.92 Å². The van der Waals surface area contributed by atoms with E-state index >= 15 is 0 Å². The maximum atomic E-state index is 10.9. The molecule has 1 atom stereocenters. The number of hydrogen-bond acceptors (Lipinski definition) is 4. The van der Waals surface area contributed by atoms with Crippen molar-refractivity contribution in [2.24, 2.45) is 0 Å². The molecule has 0 spiro atoms. The Labute approximate surface area is 108 Å². The zero-order valence-corrected chi connectivity index (χ0v) is 11.1. The average Bonchev–Trinajstić information content (AvgIpc) is 2.30. The Morgan fingerprint density at radius 3 is 2.67 bits per heavy atom. The first-order valence-electron chi connectivity index (χ1n) is 6.34. The smallest absolute Gasteiger partial charge is 0.324 e. The van der Waals surface area contributed by atoms with Crippen LogP contribution in [0.5, 0.6) is 0 Å². The van der Waals surface area contributed by atoms with Gasteiger partial charge in [0.05, 0.1) is 6.61 Å². The monoisotopic (exact) mass is 257 g/mol. The van der Waals surface area contributed by atoms with Crippen LogP contribution in [0.1, 0.15) is 39.5 Å². The molecular weight excluding hydrogens is 234 g/mol. The highest BCUT2D eigenvalue weighted by Gasteiger charge is 2.11. The summed E-state index contributed by atoms with van der Waals surface area (Å²) >= 11 is 0. The number of carboxylic acid groups (broad SMARTS) is 1. The van der Waals surface area contributed by atoms with E-state index in [1.807, 2.05) is 0 Å². The first-order valence-corrected chi connectivity index (χ1v) is 6.34. The third kappa shape index (κ3) is 9.84. The molecule has 0 heterocycles. The van der Waals surface area contributed by atoms with E-state index in [1.54, 1.807) is 12.2 Å². The molecule has 0 rings (SSSR count). The molecule has 0 bridgehead atoms. The molecule has 1 unspecified atom stereocenters. The number of esters is 1. The fourth-order valence-electron chi connectivity index (χ4n) is 1.37. The number of carbonyl (C=O) groups is 2. The highest BCUT2D eigenvalue weighted by atomic mass is 16.5. The van der Waals surface area contributed by atoms with Gasteiger partial charge in [-0.25, -0.2) is 0 Å². The van der Waals surface area contributed by atoms with Crippen molar-refractivity contribution in [2.45, 2.75) is 45.6 Å². The Hall–Kier alpha value is -1.36. The van der Waals surface area contributed by atoms with Gasteiger partial charge in [0.25, 0.3) is 0 Å². The number of rotatable bonds is 10. The normalized spacial score (nSPS) is 12.6. The summed E-state index contributed by atoms with van der Waals surface area (Å²) in [5.41, 5.74) is 0. The van der Waals surface area contributed by atoms with Crippen molar-refractivity contribution in [2.75, 3.05) is 13.2 Å². The zero-order chi connectivity index (χ0) is 13.8. The van der Waals surface area contributed by atoms with E-state index in [2.05, 4.69) is 12.2 Å². The van der Waals surface area contributed by atoms with Crippen LogP contribution in [-0.4, -0.2) is 36.2 Å². The molecule has 0 saturated heterocycles. The Morgan fingerprint density at radius 1 is 1.39 bits per heavy atom. The van der Waals surface area contributed by atoms with Crippen LogP contribution in [-0.2, 0) is 14.3 Å². The van der Waals surface area contributed by atoms with E-state index in [1.165, 1.54) is 6.92 Å². The molecule has 2 N–H and O–H groups in total. The maximum Gasteiger partial charge on any atom is 0.324 e. The van der Waals surface area contributed by atoms with Gasteiger partial charge >= 0.3 is 11.9 Å². The van der Waals surface area contributed by atoms with Crippen molar-refractivity contribution in [3.05, 3.63) is 12.2 Å². The molecule has 104 valence electrons. The second-order valence-corrected chi connectivity index (χ2v) is 4.03. The fourth-order valence-corrected chi connectivity index (χ4v) is 1.37. The highest BCUT2D eigenvalue weighted by Crippen LogP contribution is 1.95. The van der Waals surface area contributed by atoms with Crippen LogP contribution >= 0.6 is 0 Å². The summed E-state index contributed by atoms with van der Waals surface area (Å²) in [6.45, 7) is 4.43. The lowest BCUT2D eigenvalue weighted by atomic mass is 10.2. The zero-order valence-electron chi connectivity index (χ0n) is 11.1. The van der Waals surface area contributed by atoms with E-state index in [9.17, 15) is 9.59 Å². The lowest BCUT2D eigenvalue weighted by molar-refractivity contribution is -0.141. The van der Waals surface area contributed by atoms with Gasteiger partial charge in [-0.2, -0.15) is 0 Å². The van der Waals surface area contributed by atoms with Crippen LogP contribution in [0.3, 0.4) is 0 Å². The Bertz CT molecular complexity index is 276. The van der Waals surface area contributed by atoms with Gasteiger partial charge in [-0.05, 0) is 19.4 Å². The molecule has 0 aliphatic carbocycles. The van der Waals surface area contributed by atoms with Crippen molar-refractivity contribution in [1.82, 2.24) is 5.32 Å². The van der Waals surface area contributed by atoms with E-state index in [-0.39, 0.29) is 12.6 Å². The van der Waals surface area contributed by atoms with Crippen LogP contribution in [0, 0.1) is 0 Å². The molecule has 0 amide bonds. The summed E-state index contributed by atoms with van der Waals surface area (Å²) < 4.78 is 4.74. The van der Waals surface area contributed by atoms with Gasteiger partial charge in [-0.15, -0.1) is 0 Å². The molecule has 5 heteroatoms.